The van der Waals surface area contributed by atoms with E-state index in [9.17, 15) is 48.4 Å². The number of halogens is 8. The Morgan fingerprint density at radius 3 is 1.07 bits per heavy atom. The van der Waals surface area contributed by atoms with Gasteiger partial charge in [-0.05, 0) is 169 Å². The van der Waals surface area contributed by atoms with Gasteiger partial charge in [-0.2, -0.15) is 39.9 Å². The Hall–Kier alpha value is -7.53. The number of ether oxygens (including phenoxy) is 10. The minimum Gasteiger partial charge on any atom is -0.394 e. The van der Waals surface area contributed by atoms with E-state index >= 15 is 0 Å². The van der Waals surface area contributed by atoms with Crippen molar-refractivity contribution in [1.82, 2.24) is 78.1 Å². The molecular weight excluding hydrogens is 2030 g/mol. The predicted molar refractivity (Wildman–Crippen MR) is 501 cm³/mol. The van der Waals surface area contributed by atoms with E-state index in [0.29, 0.717) is 88.5 Å². The summed E-state index contributed by atoms with van der Waals surface area (Å²) in [5, 5.41) is 54.3. The van der Waals surface area contributed by atoms with Crippen molar-refractivity contribution in [2.24, 2.45) is 0 Å². The normalized spacial score (nSPS) is 26.0. The highest BCUT2D eigenvalue weighted by Crippen LogP contribution is 2.72. The summed E-state index contributed by atoms with van der Waals surface area (Å²) >= 11 is 44.8. The Kier molecular flexibility index (Phi) is 32.0. The van der Waals surface area contributed by atoms with Gasteiger partial charge in [-0.3, -0.25) is 36.5 Å². The van der Waals surface area contributed by atoms with Crippen LogP contribution in [0.25, 0.3) is 44.7 Å². The molecule has 8 aromatic heterocycles. The number of aldehydes is 1. The molecule has 0 amide bonds. The molecule has 19 rings (SSSR count). The number of benzene rings is 4. The minimum atomic E-state index is -4.85. The molecular formula is C81H92Cl8N20O23P4. The number of carbonyl (C=O) groups excluding carboxylic acids is 1. The van der Waals surface area contributed by atoms with Crippen LogP contribution in [0.15, 0.2) is 147 Å². The van der Waals surface area contributed by atoms with Crippen LogP contribution in [-0.2, 0) is 101 Å². The van der Waals surface area contributed by atoms with Crippen LogP contribution in [0.4, 0.5) is 23.3 Å². The lowest BCUT2D eigenvalue weighted by molar-refractivity contribution is -0.205. The van der Waals surface area contributed by atoms with Gasteiger partial charge in [-0.1, -0.05) is 121 Å². The van der Waals surface area contributed by atoms with Crippen LogP contribution < -0.4 is 21.3 Å². The summed E-state index contributed by atoms with van der Waals surface area (Å²) in [6.45, 7) is 15.9. The number of carbonyl (C=O) groups is 1. The molecule has 7 saturated heterocycles. The van der Waals surface area contributed by atoms with Crippen LogP contribution in [0.5, 0.6) is 0 Å². The van der Waals surface area contributed by atoms with Gasteiger partial charge in [0.15, 0.2) is 122 Å². The van der Waals surface area contributed by atoms with E-state index in [4.69, 9.17) is 153 Å². The Labute approximate surface area is 814 Å². The van der Waals surface area contributed by atoms with Crippen LogP contribution in [0.3, 0.4) is 0 Å². The number of imidazole rings is 4. The SMILES string of the molecule is CC(O)[C@H]1O[C@@H](n2cnc3c(NCc4ccccc4)nc(Cl)nc32)[C@@H]2OC(C)(C)O[C@@H]21.CC(OP(=O)(O)CP(=O)(O)O)[C@H]1O[C@@H](n2cnc3c(NCc4ccccc4)nc(Cl)nc32)[C@H](O)[C@@H]1O.CC1(C)O[C@@H]2[C@H](O1)[C@@H](C=O)O[C@H]2n1cnc2c(NCc3ccccc3)nc(Cl)nc21.CC1(C)O[C@@H]2[C@H](O1)[C@@H](CO)O[C@H]2n1cnc2c(NCc3ccccc3)nc(Cl)nc21.O=P(Cl)(Cl)CP(=O)(Cl)Cl. The van der Waals surface area contributed by atoms with E-state index in [0.717, 1.165) is 28.5 Å². The Balaban J connectivity index is 0.000000134. The van der Waals surface area contributed by atoms with Gasteiger partial charge in [0.2, 0.25) is 21.1 Å². The third-order valence-electron chi connectivity index (χ3n) is 21.7. The molecule has 19 atom stereocenters. The largest absolute Gasteiger partial charge is 0.394 e. The van der Waals surface area contributed by atoms with Crippen LogP contribution in [-0.4, -0.2) is 241 Å². The highest BCUT2D eigenvalue weighted by atomic mass is 35.9. The van der Waals surface area contributed by atoms with E-state index in [1.54, 1.807) is 53.5 Å². The van der Waals surface area contributed by atoms with E-state index in [-0.39, 0.29) is 39.5 Å². The molecule has 0 bridgehead atoms. The number of aliphatic hydroxyl groups excluding tert-OH is 4. The maximum Gasteiger partial charge on any atom is 0.340 e. The Morgan fingerprint density at radius 2 is 0.735 bits per heavy atom. The second-order valence-electron chi connectivity index (χ2n) is 33.3. The first-order valence-corrected chi connectivity index (χ1v) is 54.3. The summed E-state index contributed by atoms with van der Waals surface area (Å²) in [5.74, 6) is -9.14. The number of nitrogens with one attached hydrogen (secondary N) is 4. The molecule has 7 fully saturated rings. The van der Waals surface area contributed by atoms with Crippen molar-refractivity contribution in [2.45, 2.75) is 209 Å². The van der Waals surface area contributed by atoms with Gasteiger partial charge in [-0.15, -0.1) is 0 Å². The zero-order valence-electron chi connectivity index (χ0n) is 72.9. The topological polar surface area (TPSA) is 551 Å². The maximum absolute atomic E-state index is 12.1. The summed E-state index contributed by atoms with van der Waals surface area (Å²) in [6, 6.07) is 39.4. The van der Waals surface area contributed by atoms with E-state index in [2.05, 4.69) is 81.1 Å². The summed E-state index contributed by atoms with van der Waals surface area (Å²) in [7, 11) is -9.59. The summed E-state index contributed by atoms with van der Waals surface area (Å²) < 4.78 is 115. The molecule has 136 heavy (non-hydrogen) atoms. The highest BCUT2D eigenvalue weighted by molar-refractivity contribution is 8.21. The molecule has 3 unspecified atom stereocenters. The second kappa shape index (κ2) is 42.3. The average molecular weight is 2120 g/mol. The van der Waals surface area contributed by atoms with Gasteiger partial charge < -0.3 is 113 Å². The number of aliphatic hydroxyl groups is 4. The summed E-state index contributed by atoms with van der Waals surface area (Å²) in [4.78, 5) is 91.4. The van der Waals surface area contributed by atoms with Crippen LogP contribution in [0.2, 0.25) is 21.1 Å². The molecule has 15 heterocycles. The lowest BCUT2D eigenvalue weighted by Gasteiger charge is -2.25. The van der Waals surface area contributed by atoms with Crippen molar-refractivity contribution < 1.29 is 110 Å². The van der Waals surface area contributed by atoms with Gasteiger partial charge in [0.05, 0.1) is 44.1 Å². The van der Waals surface area contributed by atoms with Gasteiger partial charge >= 0.3 is 15.2 Å². The number of hydrogen-bond acceptors (Lipinski definition) is 36. The van der Waals surface area contributed by atoms with Crippen molar-refractivity contribution in [1.29, 1.82) is 0 Å². The monoisotopic (exact) mass is 2120 g/mol. The standard InChI is InChI=1S/C21H24ClN5O4.C20H22ClN5O4.C20H20ClN5O4.C19H24ClN5O9P2.CH2Cl4O2P2/c1-11(28)14-15-16(31-21(2,3)30-15)19(29-14)27-10-24-13-17(25-20(22)26-18(13)27)23-9-12-7-5-4-6-8-12;2*1-20(2)29-14-12(9-27)28-18(15(14)30-20)26-10-23-13-16(24-19(21)25-17(13)26)22-8-11-6-4-3-5-7-11;1-10(34-36(31,32)9-35(28,29)30)15-13(26)14(27)18(33-15)25-8-22-12-16(23-19(20)24-17(12)25)21-7-11-5-3-2-4-6-11;2-8(3,6)1-9(4,5)7/h4-8,10-11,14-16,19,28H,9H2,1-3H3,(H,23,25,26);3-7,10,12,14-15,18,27H,8-9H2,1-2H3,(H,22,24,25);3-7,9-10,12,14-15,18H,8H2,1-2H3,(H,22,24,25);2-6,8,10,13-15,18,26-27H,7,9H2,1H3,(H,31,32)(H,21,23,24)(H2,28,29,30);1H2/t11?,14-,15-,16-,19-;2*12-,14-,15-,18-;10?,13-,14+,15+,18+;/m1110./s1. The number of anilines is 4. The van der Waals surface area contributed by atoms with Crippen LogP contribution in [0.1, 0.15) is 103 Å². The van der Waals surface area contributed by atoms with Crippen LogP contribution in [0, 0.1) is 0 Å². The molecule has 0 spiro atoms. The highest BCUT2D eigenvalue weighted by Gasteiger charge is 2.60. The van der Waals surface area contributed by atoms with Crippen molar-refractivity contribution in [3.05, 3.63) is 190 Å². The zero-order valence-corrected chi connectivity index (χ0v) is 82.5. The van der Waals surface area contributed by atoms with Crippen molar-refractivity contribution in [3.8, 4) is 0 Å². The predicted octanol–water partition coefficient (Wildman–Crippen LogP) is 13.8. The van der Waals surface area contributed by atoms with Crippen molar-refractivity contribution >= 4 is 192 Å². The van der Waals surface area contributed by atoms with Crippen molar-refractivity contribution in [3.63, 3.8) is 0 Å². The number of nitrogens with zero attached hydrogens (tertiary/aromatic N) is 16. The number of aromatic nitrogens is 16. The summed E-state index contributed by atoms with van der Waals surface area (Å²) in [6.07, 6.45) is -7.05. The molecule has 4 aromatic carbocycles. The van der Waals surface area contributed by atoms with E-state index in [1.165, 1.54) is 17.8 Å². The molecule has 0 aliphatic carbocycles. The smallest absolute Gasteiger partial charge is 0.340 e. The third-order valence-corrected chi connectivity index (χ3v) is 32.4. The molecule has 55 heteroatoms. The maximum atomic E-state index is 12.1. The number of hydrogen-bond donors (Lipinski definition) is 11. The molecule has 12 aromatic rings. The van der Waals surface area contributed by atoms with Gasteiger partial charge in [0.1, 0.15) is 79.2 Å². The Morgan fingerprint density at radius 1 is 0.426 bits per heavy atom. The first-order valence-electron chi connectivity index (χ1n) is 41.8. The average Bonchev–Trinajstić information content (AvgIpc) is 1.59. The zero-order chi connectivity index (χ0) is 97.5. The number of rotatable bonds is 26. The Bertz CT molecular complexity index is 6410. The van der Waals surface area contributed by atoms with E-state index < -0.39 is 160 Å². The molecule has 7 aliphatic rings. The van der Waals surface area contributed by atoms with Gasteiger partial charge in [0, 0.05) is 26.2 Å². The lowest BCUT2D eigenvalue weighted by atomic mass is 10.1. The van der Waals surface area contributed by atoms with Crippen LogP contribution >= 0.6 is 118 Å². The molecule has 0 radical (unpaired) electrons. The molecule has 0 saturated carbocycles. The first kappa shape index (κ1) is 103. The fourth-order valence-electron chi connectivity index (χ4n) is 16.2. The summed E-state index contributed by atoms with van der Waals surface area (Å²) in [5.41, 5.74) is 7.97. The fraction of sp³-hybridized carbons (Fsp3) is 0.444. The third kappa shape index (κ3) is 24.8. The van der Waals surface area contributed by atoms with Gasteiger partial charge in [0.25, 0.3) is 11.7 Å². The number of fused-ring (bicyclic) bond motifs is 7. The molecule has 11 N–H and O–H groups in total. The second-order valence-corrected chi connectivity index (χ2v) is 49.6. The quantitative estimate of drug-likeness (QED) is 0.0136. The molecule has 43 nitrogen and oxygen atoms in total. The first-order chi connectivity index (χ1) is 64.3. The molecule has 7 aliphatic heterocycles. The molecule has 730 valence electrons. The van der Waals surface area contributed by atoms with E-state index in [1.807, 2.05) is 149 Å². The fourth-order valence-corrected chi connectivity index (χ4v) is 28.5. The van der Waals surface area contributed by atoms with Gasteiger partial charge in [-0.25, -0.2) is 19.9 Å². The van der Waals surface area contributed by atoms with Crippen molar-refractivity contribution in [2.75, 3.05) is 39.7 Å². The lowest BCUT2D eigenvalue weighted by Crippen LogP contribution is -2.38. The minimum absolute atomic E-state index is 0.0743.